The summed E-state index contributed by atoms with van der Waals surface area (Å²) in [5.74, 6) is 0.0159. The molecule has 1 amide bonds. The highest BCUT2D eigenvalue weighted by Gasteiger charge is 2.33. The van der Waals surface area contributed by atoms with Crippen molar-refractivity contribution in [2.24, 2.45) is 0 Å². The van der Waals surface area contributed by atoms with Crippen molar-refractivity contribution in [2.75, 3.05) is 32.8 Å². The molecule has 1 saturated heterocycles. The molecule has 0 aliphatic carbocycles. The molecule has 1 fully saturated rings. The van der Waals surface area contributed by atoms with E-state index < -0.39 is 6.04 Å². The molecule has 0 saturated carbocycles. The normalized spacial score (nSPS) is 18.5. The Morgan fingerprint density at radius 3 is 2.83 bits per heavy atom. The van der Waals surface area contributed by atoms with E-state index in [4.69, 9.17) is 9.47 Å². The monoisotopic (exact) mass is 477 g/mol. The zero-order chi connectivity index (χ0) is 24.4. The highest BCUT2D eigenvalue weighted by molar-refractivity contribution is 5.83. The molecule has 4 heterocycles. The number of carbonyl (C=O) groups excluding carboxylic acids is 1. The highest BCUT2D eigenvalue weighted by Crippen LogP contribution is 2.40. The molecule has 2 atom stereocenters. The van der Waals surface area contributed by atoms with Crippen LogP contribution in [0.5, 0.6) is 5.75 Å². The van der Waals surface area contributed by atoms with E-state index in [2.05, 4.69) is 25.2 Å². The molecule has 1 aromatic carbocycles. The Hall–Kier alpha value is -3.43. The van der Waals surface area contributed by atoms with Crippen LogP contribution in [0.2, 0.25) is 0 Å². The minimum atomic E-state index is -0.478. The third-order valence-electron chi connectivity index (χ3n) is 6.41. The summed E-state index contributed by atoms with van der Waals surface area (Å²) in [5.41, 5.74) is 4.23. The molecule has 2 aliphatic rings. The van der Waals surface area contributed by atoms with Gasteiger partial charge in [-0.25, -0.2) is 9.37 Å². The quantitative estimate of drug-likeness (QED) is 0.584. The van der Waals surface area contributed by atoms with Gasteiger partial charge in [0, 0.05) is 49.2 Å². The van der Waals surface area contributed by atoms with E-state index in [1.807, 2.05) is 26.0 Å². The van der Waals surface area contributed by atoms with Gasteiger partial charge in [0.1, 0.15) is 23.7 Å². The molecule has 0 radical (unpaired) electrons. The molecule has 5 rings (SSSR count). The number of rotatable bonds is 6. The van der Waals surface area contributed by atoms with Crippen LogP contribution in [-0.4, -0.2) is 64.7 Å². The number of aryl methyl sites for hydroxylation is 2. The summed E-state index contributed by atoms with van der Waals surface area (Å²) in [4.78, 5) is 28.6. The van der Waals surface area contributed by atoms with Gasteiger partial charge in [-0.3, -0.25) is 19.7 Å². The molecular weight excluding hydrogens is 449 g/mol. The Labute approximate surface area is 203 Å². The fraction of sp³-hybridized carbons (Fsp3) is 0.385. The number of amides is 1. The van der Waals surface area contributed by atoms with Gasteiger partial charge in [0.05, 0.1) is 36.8 Å². The third kappa shape index (κ3) is 4.87. The van der Waals surface area contributed by atoms with Crippen molar-refractivity contribution in [3.63, 3.8) is 0 Å². The molecule has 2 aliphatic heterocycles. The number of pyridine rings is 1. The predicted octanol–water partition coefficient (Wildman–Crippen LogP) is 2.79. The van der Waals surface area contributed by atoms with E-state index in [0.717, 1.165) is 17.0 Å². The fourth-order valence-corrected chi connectivity index (χ4v) is 4.67. The van der Waals surface area contributed by atoms with E-state index >= 15 is 0 Å². The number of morpholine rings is 1. The Bertz CT molecular complexity index is 1220. The maximum atomic E-state index is 14.7. The zero-order valence-corrected chi connectivity index (χ0v) is 19.8. The lowest BCUT2D eigenvalue weighted by Crippen LogP contribution is -2.47. The number of hydrogen-bond acceptors (Lipinski definition) is 7. The van der Waals surface area contributed by atoms with E-state index in [-0.39, 0.29) is 24.4 Å². The molecule has 8 nitrogen and oxygen atoms in total. The standard InChI is InChI=1S/C26H28FN5O3/c1-16-13-29-17(2)23(31-16)20-5-6-22(27)21-12-19(35-25(20)21)15-30-26(33)24(18-4-3-7-28-14-18)32-8-10-34-11-9-32/h3-7,13-14,19,24H,8-12,15H2,1-2H3,(H,30,33)/t19-,24+/m0/s1. The van der Waals surface area contributed by atoms with Crippen LogP contribution in [0.25, 0.3) is 11.3 Å². The second-order valence-electron chi connectivity index (χ2n) is 8.87. The lowest BCUT2D eigenvalue weighted by Gasteiger charge is -2.33. The summed E-state index contributed by atoms with van der Waals surface area (Å²) >= 11 is 0. The number of fused-ring (bicyclic) bond motifs is 1. The minimum Gasteiger partial charge on any atom is -0.487 e. The van der Waals surface area contributed by atoms with Crippen LogP contribution in [-0.2, 0) is 16.0 Å². The molecule has 182 valence electrons. The molecule has 2 aromatic heterocycles. The summed E-state index contributed by atoms with van der Waals surface area (Å²) in [7, 11) is 0. The summed E-state index contributed by atoms with van der Waals surface area (Å²) in [6.07, 6.45) is 5.09. The Kier molecular flexibility index (Phi) is 6.70. The topological polar surface area (TPSA) is 89.5 Å². The first-order valence-electron chi connectivity index (χ1n) is 11.8. The minimum absolute atomic E-state index is 0.138. The second kappa shape index (κ2) is 10.1. The summed E-state index contributed by atoms with van der Waals surface area (Å²) in [6.45, 7) is 6.46. The van der Waals surface area contributed by atoms with E-state index in [1.165, 1.54) is 6.07 Å². The van der Waals surface area contributed by atoms with Gasteiger partial charge in [-0.05, 0) is 37.6 Å². The largest absolute Gasteiger partial charge is 0.487 e. The van der Waals surface area contributed by atoms with Crippen molar-refractivity contribution < 1.29 is 18.7 Å². The molecule has 0 unspecified atom stereocenters. The molecule has 35 heavy (non-hydrogen) atoms. The van der Waals surface area contributed by atoms with Crippen LogP contribution in [0.1, 0.15) is 28.6 Å². The number of nitrogens with zero attached hydrogens (tertiary/aromatic N) is 4. The van der Waals surface area contributed by atoms with Crippen LogP contribution in [0.15, 0.2) is 42.9 Å². The molecule has 9 heteroatoms. The second-order valence-corrected chi connectivity index (χ2v) is 8.87. The predicted molar refractivity (Wildman–Crippen MR) is 127 cm³/mol. The Morgan fingerprint density at radius 2 is 2.06 bits per heavy atom. The Balaban J connectivity index is 1.33. The molecule has 1 N–H and O–H groups in total. The average molecular weight is 478 g/mol. The number of hydrogen-bond donors (Lipinski definition) is 1. The highest BCUT2D eigenvalue weighted by atomic mass is 19.1. The van der Waals surface area contributed by atoms with Crippen molar-refractivity contribution in [1.82, 2.24) is 25.2 Å². The summed E-state index contributed by atoms with van der Waals surface area (Å²) in [5, 5.41) is 3.03. The van der Waals surface area contributed by atoms with Gasteiger partial charge in [-0.2, -0.15) is 0 Å². The molecule has 0 spiro atoms. The molecule has 3 aromatic rings. The third-order valence-corrected chi connectivity index (χ3v) is 6.41. The van der Waals surface area contributed by atoms with E-state index in [0.29, 0.717) is 55.3 Å². The molecule has 0 bridgehead atoms. The zero-order valence-electron chi connectivity index (χ0n) is 19.8. The number of halogens is 1. The summed E-state index contributed by atoms with van der Waals surface area (Å²) < 4.78 is 26.3. The Morgan fingerprint density at radius 1 is 1.23 bits per heavy atom. The van der Waals surface area contributed by atoms with Crippen molar-refractivity contribution in [3.8, 4) is 17.0 Å². The number of benzene rings is 1. The number of nitrogens with one attached hydrogen (secondary N) is 1. The lowest BCUT2D eigenvalue weighted by atomic mass is 10.0. The maximum absolute atomic E-state index is 14.7. The average Bonchev–Trinajstić information content (AvgIpc) is 3.31. The fourth-order valence-electron chi connectivity index (χ4n) is 4.67. The van der Waals surface area contributed by atoms with Gasteiger partial charge in [-0.1, -0.05) is 6.07 Å². The van der Waals surface area contributed by atoms with Crippen molar-refractivity contribution in [1.29, 1.82) is 0 Å². The van der Waals surface area contributed by atoms with E-state index in [1.54, 1.807) is 24.7 Å². The first-order chi connectivity index (χ1) is 17.0. The number of ether oxygens (including phenoxy) is 2. The number of carbonyl (C=O) groups is 1. The first-order valence-corrected chi connectivity index (χ1v) is 11.8. The van der Waals surface area contributed by atoms with Gasteiger partial charge in [0.2, 0.25) is 5.91 Å². The van der Waals surface area contributed by atoms with Crippen molar-refractivity contribution in [3.05, 3.63) is 71.2 Å². The first kappa shape index (κ1) is 23.3. The van der Waals surface area contributed by atoms with Crippen LogP contribution >= 0.6 is 0 Å². The summed E-state index contributed by atoms with van der Waals surface area (Å²) in [6, 6.07) is 6.38. The van der Waals surface area contributed by atoms with Gasteiger partial charge in [0.15, 0.2) is 0 Å². The van der Waals surface area contributed by atoms with Gasteiger partial charge in [0.25, 0.3) is 0 Å². The molecular formula is C26H28FN5O3. The van der Waals surface area contributed by atoms with Gasteiger partial charge in [-0.15, -0.1) is 0 Å². The van der Waals surface area contributed by atoms with E-state index in [9.17, 15) is 9.18 Å². The lowest BCUT2D eigenvalue weighted by molar-refractivity contribution is -0.128. The van der Waals surface area contributed by atoms with Crippen LogP contribution in [0.3, 0.4) is 0 Å². The smallest absolute Gasteiger partial charge is 0.242 e. The van der Waals surface area contributed by atoms with Gasteiger partial charge < -0.3 is 14.8 Å². The maximum Gasteiger partial charge on any atom is 0.242 e. The van der Waals surface area contributed by atoms with Gasteiger partial charge >= 0.3 is 0 Å². The number of aromatic nitrogens is 3. The van der Waals surface area contributed by atoms with Crippen molar-refractivity contribution in [2.45, 2.75) is 32.4 Å². The van der Waals surface area contributed by atoms with Crippen molar-refractivity contribution >= 4 is 5.91 Å². The SMILES string of the molecule is Cc1cnc(C)c(-c2ccc(F)c3c2O[C@H](CNC(=O)[C@@H](c2cccnc2)N2CCOCC2)C3)n1. The van der Waals surface area contributed by atoms with Crippen LogP contribution < -0.4 is 10.1 Å². The van der Waals surface area contributed by atoms with Crippen LogP contribution in [0.4, 0.5) is 4.39 Å². The van der Waals surface area contributed by atoms with Crippen LogP contribution in [0, 0.1) is 19.7 Å².